The molecule has 2 fully saturated rings. The Morgan fingerprint density at radius 3 is 2.30 bits per heavy atom. The smallest absolute Gasteiger partial charge is 0.222 e. The molecule has 2 aliphatic rings. The van der Waals surface area contributed by atoms with Gasteiger partial charge in [0, 0.05) is 45.7 Å². The zero-order valence-electron chi connectivity index (χ0n) is 20.1. The molecule has 2 aliphatic heterocycles. The van der Waals surface area contributed by atoms with Crippen molar-refractivity contribution in [3.8, 4) is 5.75 Å². The lowest BCUT2D eigenvalue weighted by Gasteiger charge is -2.34. The molecule has 178 valence electrons. The summed E-state index contributed by atoms with van der Waals surface area (Å²) < 4.78 is 6.14. The molecule has 0 aromatic heterocycles. The van der Waals surface area contributed by atoms with Crippen LogP contribution in [0, 0.1) is 0 Å². The standard InChI is InChI=1S/C28H39N3O2/c1-29-19-21-30(22-20-29)26-12-7-8-13-27(26)33-23-9-3-6-14-28(32)31-17-15-25(16-18-31)24-10-4-2-5-11-24/h2,4-5,7-8,10-13,25H,3,6,9,14-23H2,1H3. The number of para-hydroxylation sites is 2. The predicted molar refractivity (Wildman–Crippen MR) is 135 cm³/mol. The van der Waals surface area contributed by atoms with Gasteiger partial charge >= 0.3 is 0 Å². The van der Waals surface area contributed by atoms with Crippen LogP contribution in [0.25, 0.3) is 0 Å². The highest BCUT2D eigenvalue weighted by Crippen LogP contribution is 2.30. The second-order valence-corrected chi connectivity index (χ2v) is 9.48. The molecule has 2 saturated heterocycles. The molecule has 4 rings (SSSR count). The molecule has 0 bridgehead atoms. The molecule has 0 aliphatic carbocycles. The van der Waals surface area contributed by atoms with Crippen molar-refractivity contribution in [3.05, 3.63) is 60.2 Å². The number of unbranched alkanes of at least 4 members (excludes halogenated alkanes) is 2. The van der Waals surface area contributed by atoms with Gasteiger partial charge in [-0.05, 0) is 62.8 Å². The summed E-state index contributed by atoms with van der Waals surface area (Å²) >= 11 is 0. The minimum absolute atomic E-state index is 0.322. The highest BCUT2D eigenvalue weighted by molar-refractivity contribution is 5.76. The third-order valence-electron chi connectivity index (χ3n) is 7.12. The molecule has 0 saturated carbocycles. The largest absolute Gasteiger partial charge is 0.491 e. The van der Waals surface area contributed by atoms with Crippen molar-refractivity contribution in [2.24, 2.45) is 0 Å². The number of carbonyl (C=O) groups excluding carboxylic acids is 1. The second-order valence-electron chi connectivity index (χ2n) is 9.48. The number of likely N-dealkylation sites (N-methyl/N-ethyl adjacent to an activating group) is 1. The van der Waals surface area contributed by atoms with Gasteiger partial charge in [-0.2, -0.15) is 0 Å². The van der Waals surface area contributed by atoms with Gasteiger partial charge in [-0.1, -0.05) is 42.5 Å². The van der Waals surface area contributed by atoms with E-state index in [1.165, 1.54) is 11.3 Å². The normalized spacial score (nSPS) is 17.8. The quantitative estimate of drug-likeness (QED) is 0.516. The van der Waals surface area contributed by atoms with Gasteiger partial charge in [-0.25, -0.2) is 0 Å². The summed E-state index contributed by atoms with van der Waals surface area (Å²) in [5.41, 5.74) is 2.62. The molecule has 1 amide bonds. The Kier molecular flexibility index (Phi) is 8.65. The van der Waals surface area contributed by atoms with Crippen molar-refractivity contribution in [1.29, 1.82) is 0 Å². The first-order valence-electron chi connectivity index (χ1n) is 12.7. The molecule has 2 aromatic carbocycles. The number of anilines is 1. The molecule has 5 heteroatoms. The van der Waals surface area contributed by atoms with E-state index in [9.17, 15) is 4.79 Å². The van der Waals surface area contributed by atoms with Crippen LogP contribution in [-0.2, 0) is 4.79 Å². The Balaban J connectivity index is 1.12. The molecule has 0 atom stereocenters. The van der Waals surface area contributed by atoms with Gasteiger partial charge in [0.2, 0.25) is 5.91 Å². The zero-order valence-corrected chi connectivity index (χ0v) is 20.1. The number of likely N-dealkylation sites (tertiary alicyclic amines) is 1. The zero-order chi connectivity index (χ0) is 22.9. The Labute approximate surface area is 199 Å². The molecular formula is C28H39N3O2. The summed E-state index contributed by atoms with van der Waals surface area (Å²) in [5.74, 6) is 1.91. The summed E-state index contributed by atoms with van der Waals surface area (Å²) in [4.78, 5) is 19.5. The first-order valence-corrected chi connectivity index (χ1v) is 12.7. The monoisotopic (exact) mass is 449 g/mol. The second kappa shape index (κ2) is 12.1. The predicted octanol–water partition coefficient (Wildman–Crippen LogP) is 4.78. The van der Waals surface area contributed by atoms with E-state index in [1.807, 2.05) is 0 Å². The number of rotatable bonds is 9. The van der Waals surface area contributed by atoms with Crippen molar-refractivity contribution >= 4 is 11.6 Å². The van der Waals surface area contributed by atoms with Gasteiger partial charge in [0.25, 0.3) is 0 Å². The van der Waals surface area contributed by atoms with Gasteiger partial charge in [0.15, 0.2) is 0 Å². The van der Waals surface area contributed by atoms with Crippen molar-refractivity contribution in [2.45, 2.75) is 44.4 Å². The average Bonchev–Trinajstić information content (AvgIpc) is 2.87. The summed E-state index contributed by atoms with van der Waals surface area (Å²) in [6.07, 6.45) is 5.78. The Morgan fingerprint density at radius 2 is 1.55 bits per heavy atom. The summed E-state index contributed by atoms with van der Waals surface area (Å²) in [6, 6.07) is 19.1. The maximum Gasteiger partial charge on any atom is 0.222 e. The van der Waals surface area contributed by atoms with Crippen LogP contribution in [0.1, 0.15) is 50.0 Å². The van der Waals surface area contributed by atoms with Crippen molar-refractivity contribution in [3.63, 3.8) is 0 Å². The van der Waals surface area contributed by atoms with Gasteiger partial charge in [0.1, 0.15) is 5.75 Å². The lowest BCUT2D eigenvalue weighted by molar-refractivity contribution is -0.132. The number of hydrogen-bond donors (Lipinski definition) is 0. The molecule has 33 heavy (non-hydrogen) atoms. The number of piperazine rings is 1. The minimum atomic E-state index is 0.322. The number of nitrogens with zero attached hydrogens (tertiary/aromatic N) is 3. The van der Waals surface area contributed by atoms with Gasteiger partial charge < -0.3 is 19.4 Å². The number of carbonyl (C=O) groups is 1. The van der Waals surface area contributed by atoms with Crippen LogP contribution < -0.4 is 9.64 Å². The van der Waals surface area contributed by atoms with Gasteiger partial charge in [0.05, 0.1) is 12.3 Å². The molecule has 0 spiro atoms. The van der Waals surface area contributed by atoms with E-state index in [2.05, 4.69) is 76.3 Å². The molecule has 2 aromatic rings. The van der Waals surface area contributed by atoms with E-state index in [0.29, 0.717) is 24.9 Å². The maximum absolute atomic E-state index is 12.6. The van der Waals surface area contributed by atoms with E-state index in [4.69, 9.17) is 4.74 Å². The van der Waals surface area contributed by atoms with Crippen LogP contribution >= 0.6 is 0 Å². The highest BCUT2D eigenvalue weighted by atomic mass is 16.5. The fourth-order valence-electron chi connectivity index (χ4n) is 4.97. The molecule has 0 radical (unpaired) electrons. The Bertz CT molecular complexity index is 856. The fraction of sp³-hybridized carbons (Fsp3) is 0.536. The third-order valence-corrected chi connectivity index (χ3v) is 7.12. The van der Waals surface area contributed by atoms with Crippen molar-refractivity contribution in [1.82, 2.24) is 9.80 Å². The SMILES string of the molecule is CN1CCN(c2ccccc2OCCCCCC(=O)N2CCC(c3ccccc3)CC2)CC1. The summed E-state index contributed by atoms with van der Waals surface area (Å²) in [6.45, 7) is 6.76. The van der Waals surface area contributed by atoms with E-state index >= 15 is 0 Å². The van der Waals surface area contributed by atoms with E-state index in [-0.39, 0.29) is 0 Å². The highest BCUT2D eigenvalue weighted by Gasteiger charge is 2.23. The topological polar surface area (TPSA) is 36.0 Å². The lowest BCUT2D eigenvalue weighted by Crippen LogP contribution is -2.44. The van der Waals surface area contributed by atoms with Crippen LogP contribution in [-0.4, -0.2) is 68.6 Å². The molecule has 0 N–H and O–H groups in total. The number of amides is 1. The van der Waals surface area contributed by atoms with Crippen molar-refractivity contribution in [2.75, 3.05) is 57.8 Å². The lowest BCUT2D eigenvalue weighted by atomic mass is 9.89. The number of ether oxygens (including phenoxy) is 1. The summed E-state index contributed by atoms with van der Waals surface area (Å²) in [5, 5.41) is 0. The summed E-state index contributed by atoms with van der Waals surface area (Å²) in [7, 11) is 2.18. The maximum atomic E-state index is 12.6. The van der Waals surface area contributed by atoms with Crippen LogP contribution in [0.5, 0.6) is 5.75 Å². The van der Waals surface area contributed by atoms with Crippen LogP contribution in [0.3, 0.4) is 0 Å². The van der Waals surface area contributed by atoms with Crippen molar-refractivity contribution < 1.29 is 9.53 Å². The first kappa shape index (κ1) is 23.6. The molecule has 0 unspecified atom stereocenters. The van der Waals surface area contributed by atoms with E-state index in [0.717, 1.165) is 77.1 Å². The number of hydrogen-bond acceptors (Lipinski definition) is 4. The molecule has 5 nitrogen and oxygen atoms in total. The van der Waals surface area contributed by atoms with E-state index < -0.39 is 0 Å². The molecule has 2 heterocycles. The van der Waals surface area contributed by atoms with Gasteiger partial charge in [-0.3, -0.25) is 4.79 Å². The van der Waals surface area contributed by atoms with Crippen LogP contribution in [0.15, 0.2) is 54.6 Å². The fourth-order valence-corrected chi connectivity index (χ4v) is 4.97. The average molecular weight is 450 g/mol. The molecular weight excluding hydrogens is 410 g/mol. The number of benzene rings is 2. The third kappa shape index (κ3) is 6.73. The Morgan fingerprint density at radius 1 is 0.848 bits per heavy atom. The van der Waals surface area contributed by atoms with Gasteiger partial charge in [-0.15, -0.1) is 0 Å². The first-order chi connectivity index (χ1) is 16.2. The van der Waals surface area contributed by atoms with Crippen LogP contribution in [0.4, 0.5) is 5.69 Å². The number of piperidine rings is 1. The Hall–Kier alpha value is -2.53. The van der Waals surface area contributed by atoms with Crippen LogP contribution in [0.2, 0.25) is 0 Å². The van der Waals surface area contributed by atoms with E-state index in [1.54, 1.807) is 0 Å². The minimum Gasteiger partial charge on any atom is -0.491 e.